The van der Waals surface area contributed by atoms with Crippen molar-refractivity contribution in [2.45, 2.75) is 90.4 Å². The van der Waals surface area contributed by atoms with Crippen molar-refractivity contribution in [1.29, 1.82) is 0 Å². The van der Waals surface area contributed by atoms with Crippen molar-refractivity contribution in [2.24, 2.45) is 10.2 Å². The van der Waals surface area contributed by atoms with E-state index in [-0.39, 0.29) is 5.54 Å². The molecular formula is C15H31N5S. The average molecular weight is 314 g/mol. The van der Waals surface area contributed by atoms with Crippen LogP contribution in [0.2, 0.25) is 0 Å². The van der Waals surface area contributed by atoms with Gasteiger partial charge in [0.15, 0.2) is 5.11 Å². The molecule has 0 aliphatic heterocycles. The molecule has 0 bridgehead atoms. The molecule has 0 atom stereocenters. The zero-order chi connectivity index (χ0) is 15.9. The standard InChI is InChI=1S/C15H31N5S/c1-6-14(2,3)19-18-13(21)16-15(4,5)20-17-12-10-8-7-9-11-12/h12,19H,6-11H2,1-5H3,(H2,16,18,21)/b20-17+. The number of nitrogens with zero attached hydrogens (tertiary/aromatic N) is 2. The molecular weight excluding hydrogens is 282 g/mol. The maximum Gasteiger partial charge on any atom is 0.182 e. The van der Waals surface area contributed by atoms with E-state index in [0.29, 0.717) is 11.2 Å². The molecule has 21 heavy (non-hydrogen) atoms. The lowest BCUT2D eigenvalue weighted by molar-refractivity contribution is 0.347. The third kappa shape index (κ3) is 7.71. The summed E-state index contributed by atoms with van der Waals surface area (Å²) in [7, 11) is 0. The molecule has 6 heteroatoms. The molecule has 122 valence electrons. The van der Waals surface area contributed by atoms with Gasteiger partial charge in [-0.05, 0) is 59.2 Å². The fraction of sp³-hybridized carbons (Fsp3) is 0.933. The van der Waals surface area contributed by atoms with Gasteiger partial charge in [0.05, 0.1) is 6.04 Å². The fourth-order valence-corrected chi connectivity index (χ4v) is 2.37. The number of hydrazine groups is 1. The third-order valence-corrected chi connectivity index (χ3v) is 4.07. The van der Waals surface area contributed by atoms with Crippen molar-refractivity contribution in [3.05, 3.63) is 0 Å². The topological polar surface area (TPSA) is 60.8 Å². The highest BCUT2D eigenvalue weighted by Crippen LogP contribution is 2.21. The second-order valence-electron chi connectivity index (χ2n) is 7.01. The van der Waals surface area contributed by atoms with E-state index in [1.807, 2.05) is 13.8 Å². The first-order valence-corrected chi connectivity index (χ1v) is 8.42. The van der Waals surface area contributed by atoms with Crippen LogP contribution in [0.4, 0.5) is 0 Å². The van der Waals surface area contributed by atoms with Crippen LogP contribution in [0.3, 0.4) is 0 Å². The van der Waals surface area contributed by atoms with E-state index in [2.05, 4.69) is 47.2 Å². The zero-order valence-corrected chi connectivity index (χ0v) is 14.9. The summed E-state index contributed by atoms with van der Waals surface area (Å²) in [5.41, 5.74) is 5.76. The van der Waals surface area contributed by atoms with Crippen LogP contribution in [0, 0.1) is 0 Å². The highest BCUT2D eigenvalue weighted by atomic mass is 32.1. The van der Waals surface area contributed by atoms with Crippen molar-refractivity contribution in [1.82, 2.24) is 16.2 Å². The lowest BCUT2D eigenvalue weighted by Gasteiger charge is -2.28. The Bertz CT molecular complexity index is 359. The predicted molar refractivity (Wildman–Crippen MR) is 92.2 cm³/mol. The highest BCUT2D eigenvalue weighted by Gasteiger charge is 2.21. The minimum Gasteiger partial charge on any atom is -0.336 e. The van der Waals surface area contributed by atoms with E-state index < -0.39 is 5.66 Å². The summed E-state index contributed by atoms with van der Waals surface area (Å²) in [5, 5.41) is 12.7. The van der Waals surface area contributed by atoms with Crippen LogP contribution in [-0.2, 0) is 0 Å². The minimum atomic E-state index is -0.487. The van der Waals surface area contributed by atoms with Gasteiger partial charge in [-0.15, -0.1) is 0 Å². The van der Waals surface area contributed by atoms with Crippen LogP contribution in [-0.4, -0.2) is 22.4 Å². The van der Waals surface area contributed by atoms with Gasteiger partial charge in [0.2, 0.25) is 0 Å². The van der Waals surface area contributed by atoms with Gasteiger partial charge in [0.1, 0.15) is 5.66 Å². The van der Waals surface area contributed by atoms with Crippen LogP contribution in [0.1, 0.15) is 73.1 Å². The number of azo groups is 1. The van der Waals surface area contributed by atoms with Crippen molar-refractivity contribution in [3.8, 4) is 0 Å². The Hall–Kier alpha value is -0.750. The van der Waals surface area contributed by atoms with Crippen LogP contribution >= 0.6 is 12.2 Å². The summed E-state index contributed by atoms with van der Waals surface area (Å²) >= 11 is 5.30. The molecule has 1 aliphatic rings. The van der Waals surface area contributed by atoms with Gasteiger partial charge in [-0.2, -0.15) is 10.2 Å². The predicted octanol–water partition coefficient (Wildman–Crippen LogP) is 3.66. The Morgan fingerprint density at radius 1 is 1.14 bits per heavy atom. The first kappa shape index (κ1) is 18.3. The summed E-state index contributed by atoms with van der Waals surface area (Å²) in [4.78, 5) is 0. The Morgan fingerprint density at radius 3 is 2.33 bits per heavy atom. The van der Waals surface area contributed by atoms with E-state index in [4.69, 9.17) is 12.2 Å². The average Bonchev–Trinajstić information content (AvgIpc) is 2.44. The molecule has 0 amide bonds. The largest absolute Gasteiger partial charge is 0.336 e. The van der Waals surface area contributed by atoms with Crippen molar-refractivity contribution in [3.63, 3.8) is 0 Å². The maximum absolute atomic E-state index is 5.30. The van der Waals surface area contributed by atoms with E-state index >= 15 is 0 Å². The van der Waals surface area contributed by atoms with Gasteiger partial charge in [0, 0.05) is 5.54 Å². The number of nitrogens with one attached hydrogen (secondary N) is 3. The van der Waals surface area contributed by atoms with Gasteiger partial charge in [-0.1, -0.05) is 26.2 Å². The van der Waals surface area contributed by atoms with Gasteiger partial charge >= 0.3 is 0 Å². The molecule has 0 aromatic rings. The molecule has 1 aliphatic carbocycles. The second-order valence-corrected chi connectivity index (χ2v) is 7.42. The third-order valence-electron chi connectivity index (χ3n) is 3.86. The zero-order valence-electron chi connectivity index (χ0n) is 14.1. The molecule has 1 fully saturated rings. The van der Waals surface area contributed by atoms with E-state index in [1.54, 1.807) is 0 Å². The Morgan fingerprint density at radius 2 is 1.76 bits per heavy atom. The van der Waals surface area contributed by atoms with Crippen LogP contribution < -0.4 is 16.2 Å². The van der Waals surface area contributed by atoms with Gasteiger partial charge in [-0.3, -0.25) is 5.43 Å². The van der Waals surface area contributed by atoms with E-state index in [1.165, 1.54) is 19.3 Å². The minimum absolute atomic E-state index is 0.000498. The van der Waals surface area contributed by atoms with E-state index in [9.17, 15) is 0 Å². The van der Waals surface area contributed by atoms with Crippen LogP contribution in [0.5, 0.6) is 0 Å². The normalized spacial score (nSPS) is 18.0. The molecule has 1 saturated carbocycles. The lowest BCUT2D eigenvalue weighted by Crippen LogP contribution is -2.56. The molecule has 0 aromatic carbocycles. The van der Waals surface area contributed by atoms with E-state index in [0.717, 1.165) is 19.3 Å². The Balaban J connectivity index is 2.39. The highest BCUT2D eigenvalue weighted by molar-refractivity contribution is 7.80. The summed E-state index contributed by atoms with van der Waals surface area (Å²) in [5.74, 6) is 0. The smallest absolute Gasteiger partial charge is 0.182 e. The van der Waals surface area contributed by atoms with Gasteiger partial charge in [0.25, 0.3) is 0 Å². The number of thiocarbonyl (C=S) groups is 1. The second kappa shape index (κ2) is 8.03. The summed E-state index contributed by atoms with van der Waals surface area (Å²) < 4.78 is 0. The van der Waals surface area contributed by atoms with Crippen LogP contribution in [0.15, 0.2) is 10.2 Å². The monoisotopic (exact) mass is 313 g/mol. The molecule has 1 rings (SSSR count). The molecule has 3 N–H and O–H groups in total. The first-order valence-electron chi connectivity index (χ1n) is 8.01. The molecule has 0 unspecified atom stereocenters. The molecule has 0 heterocycles. The van der Waals surface area contributed by atoms with Crippen LogP contribution in [0.25, 0.3) is 0 Å². The molecule has 0 aromatic heterocycles. The molecule has 0 radical (unpaired) electrons. The summed E-state index contributed by atoms with van der Waals surface area (Å²) in [6.07, 6.45) is 7.21. The lowest BCUT2D eigenvalue weighted by atomic mass is 9.96. The van der Waals surface area contributed by atoms with Crippen molar-refractivity contribution in [2.75, 3.05) is 0 Å². The molecule has 0 saturated heterocycles. The van der Waals surface area contributed by atoms with Gasteiger partial charge < -0.3 is 5.32 Å². The number of rotatable bonds is 6. The number of hydrogen-bond donors (Lipinski definition) is 3. The maximum atomic E-state index is 5.30. The quantitative estimate of drug-likeness (QED) is 0.398. The summed E-state index contributed by atoms with van der Waals surface area (Å²) in [6, 6.07) is 0.388. The fourth-order valence-electron chi connectivity index (χ4n) is 2.07. The summed E-state index contributed by atoms with van der Waals surface area (Å²) in [6.45, 7) is 10.3. The van der Waals surface area contributed by atoms with Crippen molar-refractivity contribution >= 4 is 17.3 Å². The Kier molecular flexibility index (Phi) is 7.00. The molecule has 5 nitrogen and oxygen atoms in total. The Labute approximate surface area is 134 Å². The number of hydrogen-bond acceptors (Lipinski definition) is 4. The SMILES string of the molecule is CCC(C)(C)NNC(=S)NC(C)(C)/N=N/C1CCCCC1. The van der Waals surface area contributed by atoms with Gasteiger partial charge in [-0.25, -0.2) is 5.43 Å². The molecule has 0 spiro atoms. The first-order chi connectivity index (χ1) is 9.74. The van der Waals surface area contributed by atoms with Crippen molar-refractivity contribution < 1.29 is 0 Å².